The Balaban J connectivity index is 1.23. The molecule has 44 heavy (non-hydrogen) atoms. The van der Waals surface area contributed by atoms with Gasteiger partial charge in [0.15, 0.2) is 5.82 Å². The molecule has 0 spiro atoms. The maximum atomic E-state index is 6.33. The van der Waals surface area contributed by atoms with Crippen molar-refractivity contribution in [2.24, 2.45) is 0 Å². The lowest BCUT2D eigenvalue weighted by atomic mass is 10.0. The number of fused-ring (bicyclic) bond motifs is 6. The van der Waals surface area contributed by atoms with Gasteiger partial charge in [0.1, 0.15) is 22.3 Å². The topological polar surface area (TPSA) is 52.1 Å². The van der Waals surface area contributed by atoms with Crippen LogP contribution in [0.5, 0.6) is 0 Å². The van der Waals surface area contributed by atoms with Crippen molar-refractivity contribution >= 4 is 43.9 Å². The Hall–Kier alpha value is -6.00. The second kappa shape index (κ2) is 9.79. The summed E-state index contributed by atoms with van der Waals surface area (Å²) in [4.78, 5) is 9.98. The van der Waals surface area contributed by atoms with Gasteiger partial charge in [-0.3, -0.25) is 0 Å². The van der Waals surface area contributed by atoms with Crippen molar-refractivity contribution in [2.45, 2.75) is 0 Å². The SMILES string of the molecule is c1ccc(-c2ccc3oc4cc5oc6ccc(-c7cc(-c8ccccc8)nc(-c8ccccc8)n7)cc6c5cc4c3c2)cc1. The summed E-state index contributed by atoms with van der Waals surface area (Å²) in [6.07, 6.45) is 0. The molecule has 6 aromatic carbocycles. The molecule has 9 aromatic rings. The highest BCUT2D eigenvalue weighted by atomic mass is 16.3. The summed E-state index contributed by atoms with van der Waals surface area (Å²) >= 11 is 0. The molecule has 0 saturated heterocycles. The molecule has 206 valence electrons. The molecule has 0 saturated carbocycles. The number of rotatable bonds is 4. The highest BCUT2D eigenvalue weighted by Gasteiger charge is 2.16. The minimum atomic E-state index is 0.694. The highest BCUT2D eigenvalue weighted by Crippen LogP contribution is 2.39. The summed E-state index contributed by atoms with van der Waals surface area (Å²) in [6, 6.07) is 49.7. The first kappa shape index (κ1) is 24.6. The third-order valence-corrected chi connectivity index (χ3v) is 8.29. The Morgan fingerprint density at radius 1 is 0.318 bits per heavy atom. The minimum absolute atomic E-state index is 0.694. The number of furan rings is 2. The summed E-state index contributed by atoms with van der Waals surface area (Å²) in [7, 11) is 0. The zero-order chi connectivity index (χ0) is 29.0. The largest absolute Gasteiger partial charge is 0.456 e. The zero-order valence-electron chi connectivity index (χ0n) is 23.6. The summed E-state index contributed by atoms with van der Waals surface area (Å²) in [5.41, 5.74) is 10.4. The van der Waals surface area contributed by atoms with Crippen molar-refractivity contribution in [1.82, 2.24) is 9.97 Å². The molecular weight excluding hydrogens is 540 g/mol. The van der Waals surface area contributed by atoms with Gasteiger partial charge in [0, 0.05) is 44.3 Å². The third kappa shape index (κ3) is 4.08. The van der Waals surface area contributed by atoms with Crippen LogP contribution in [0.25, 0.3) is 88.9 Å². The van der Waals surface area contributed by atoms with Crippen LogP contribution in [-0.4, -0.2) is 9.97 Å². The van der Waals surface area contributed by atoms with Crippen molar-refractivity contribution in [3.63, 3.8) is 0 Å². The van der Waals surface area contributed by atoms with E-state index >= 15 is 0 Å². The van der Waals surface area contributed by atoms with Crippen LogP contribution < -0.4 is 0 Å². The molecule has 0 aliphatic rings. The Morgan fingerprint density at radius 3 is 1.41 bits per heavy atom. The second-order valence-electron chi connectivity index (χ2n) is 11.0. The van der Waals surface area contributed by atoms with E-state index in [4.69, 9.17) is 18.8 Å². The molecule has 3 aromatic heterocycles. The lowest BCUT2D eigenvalue weighted by Crippen LogP contribution is -1.95. The van der Waals surface area contributed by atoms with Crippen molar-refractivity contribution in [1.29, 1.82) is 0 Å². The molecule has 0 fully saturated rings. The van der Waals surface area contributed by atoms with Crippen LogP contribution in [-0.2, 0) is 0 Å². The van der Waals surface area contributed by atoms with Crippen molar-refractivity contribution in [3.05, 3.63) is 146 Å². The van der Waals surface area contributed by atoms with Gasteiger partial charge in [0.25, 0.3) is 0 Å². The first-order valence-corrected chi connectivity index (χ1v) is 14.7. The quantitative estimate of drug-likeness (QED) is 0.213. The normalized spacial score (nSPS) is 11.6. The molecule has 0 aliphatic heterocycles. The van der Waals surface area contributed by atoms with Crippen LogP contribution >= 0.6 is 0 Å². The molecule has 0 aliphatic carbocycles. The molecule has 4 heteroatoms. The number of nitrogens with zero attached hydrogens (tertiary/aromatic N) is 2. The van der Waals surface area contributed by atoms with Crippen LogP contribution in [0.4, 0.5) is 0 Å². The van der Waals surface area contributed by atoms with E-state index in [1.165, 1.54) is 5.56 Å². The molecule has 0 bridgehead atoms. The molecule has 0 unspecified atom stereocenters. The van der Waals surface area contributed by atoms with Gasteiger partial charge < -0.3 is 8.83 Å². The van der Waals surface area contributed by atoms with Gasteiger partial charge in [-0.15, -0.1) is 0 Å². The lowest BCUT2D eigenvalue weighted by molar-refractivity contribution is 0.656. The first-order valence-electron chi connectivity index (χ1n) is 14.7. The molecule has 0 amide bonds. The standard InChI is InChI=1S/C40H24N2O2/c1-4-10-25(11-5-1)28-16-18-36-30(20-28)32-22-33-31-21-29(17-19-37(31)44-39(33)24-38(32)43-36)35-23-34(26-12-6-2-7-13-26)41-40(42-35)27-14-8-3-9-15-27/h1-24H. The fraction of sp³-hybridized carbons (Fsp3) is 0. The molecular formula is C40H24N2O2. The number of hydrogen-bond donors (Lipinski definition) is 0. The molecule has 3 heterocycles. The van der Waals surface area contributed by atoms with Gasteiger partial charge in [-0.2, -0.15) is 0 Å². The number of aromatic nitrogens is 2. The highest BCUT2D eigenvalue weighted by molar-refractivity contribution is 6.16. The molecule has 0 N–H and O–H groups in total. The van der Waals surface area contributed by atoms with E-state index in [-0.39, 0.29) is 0 Å². The number of hydrogen-bond acceptors (Lipinski definition) is 4. The fourth-order valence-corrected chi connectivity index (χ4v) is 6.08. The van der Waals surface area contributed by atoms with Crippen LogP contribution in [0.1, 0.15) is 0 Å². The Bertz CT molecular complexity index is 2420. The Labute approximate surface area is 252 Å². The summed E-state index contributed by atoms with van der Waals surface area (Å²) in [6.45, 7) is 0. The van der Waals surface area contributed by atoms with E-state index in [1.54, 1.807) is 0 Å². The van der Waals surface area contributed by atoms with E-state index in [1.807, 2.05) is 66.7 Å². The van der Waals surface area contributed by atoms with Gasteiger partial charge in [0.2, 0.25) is 0 Å². The fourth-order valence-electron chi connectivity index (χ4n) is 6.08. The van der Waals surface area contributed by atoms with Crippen LogP contribution in [0, 0.1) is 0 Å². The van der Waals surface area contributed by atoms with E-state index in [9.17, 15) is 0 Å². The molecule has 4 nitrogen and oxygen atoms in total. The smallest absolute Gasteiger partial charge is 0.160 e. The lowest BCUT2D eigenvalue weighted by Gasteiger charge is -2.09. The van der Waals surface area contributed by atoms with Gasteiger partial charge in [-0.25, -0.2) is 9.97 Å². The van der Waals surface area contributed by atoms with E-state index in [0.717, 1.165) is 77.5 Å². The average Bonchev–Trinajstić information content (AvgIpc) is 3.64. The molecule has 0 radical (unpaired) electrons. The maximum absolute atomic E-state index is 6.33. The third-order valence-electron chi connectivity index (χ3n) is 8.29. The predicted molar refractivity (Wildman–Crippen MR) is 178 cm³/mol. The van der Waals surface area contributed by atoms with E-state index in [2.05, 4.69) is 78.9 Å². The number of benzene rings is 6. The second-order valence-corrected chi connectivity index (χ2v) is 11.0. The monoisotopic (exact) mass is 564 g/mol. The summed E-state index contributed by atoms with van der Waals surface area (Å²) in [5, 5.41) is 4.24. The Kier molecular flexibility index (Phi) is 5.47. The maximum Gasteiger partial charge on any atom is 0.160 e. The van der Waals surface area contributed by atoms with E-state index < -0.39 is 0 Å². The summed E-state index contributed by atoms with van der Waals surface area (Å²) < 4.78 is 12.6. The van der Waals surface area contributed by atoms with Gasteiger partial charge in [0.05, 0.1) is 11.4 Å². The van der Waals surface area contributed by atoms with Gasteiger partial charge >= 0.3 is 0 Å². The first-order chi connectivity index (χ1) is 21.8. The molecule has 9 rings (SSSR count). The van der Waals surface area contributed by atoms with Crippen LogP contribution in [0.2, 0.25) is 0 Å². The predicted octanol–water partition coefficient (Wildman–Crippen LogP) is 10.9. The zero-order valence-corrected chi connectivity index (χ0v) is 23.6. The van der Waals surface area contributed by atoms with Crippen LogP contribution in [0.3, 0.4) is 0 Å². The van der Waals surface area contributed by atoms with Crippen molar-refractivity contribution in [3.8, 4) is 45.0 Å². The van der Waals surface area contributed by atoms with E-state index in [0.29, 0.717) is 5.82 Å². The van der Waals surface area contributed by atoms with Gasteiger partial charge in [-0.05, 0) is 53.6 Å². The molecule has 0 atom stereocenters. The van der Waals surface area contributed by atoms with Gasteiger partial charge in [-0.1, -0.05) is 97.1 Å². The summed E-state index contributed by atoms with van der Waals surface area (Å²) in [5.74, 6) is 0.694. The minimum Gasteiger partial charge on any atom is -0.456 e. The van der Waals surface area contributed by atoms with Crippen LogP contribution in [0.15, 0.2) is 154 Å². The van der Waals surface area contributed by atoms with Crippen molar-refractivity contribution < 1.29 is 8.83 Å². The Morgan fingerprint density at radius 2 is 0.795 bits per heavy atom. The average molecular weight is 565 g/mol. The van der Waals surface area contributed by atoms with Crippen molar-refractivity contribution in [2.75, 3.05) is 0 Å².